The number of nitrogens with one attached hydrogen (secondary N) is 1. The zero-order valence-corrected chi connectivity index (χ0v) is 10.9. The van der Waals surface area contributed by atoms with Crippen molar-refractivity contribution in [3.63, 3.8) is 0 Å². The SMILES string of the molecule is CCC(NCC(O)COCC(C)C)C1CC1. The lowest BCUT2D eigenvalue weighted by atomic mass is 10.1. The van der Waals surface area contributed by atoms with Crippen LogP contribution in [0.5, 0.6) is 0 Å². The minimum Gasteiger partial charge on any atom is -0.389 e. The Morgan fingerprint density at radius 2 is 2.00 bits per heavy atom. The van der Waals surface area contributed by atoms with E-state index < -0.39 is 0 Å². The monoisotopic (exact) mass is 229 g/mol. The third-order valence-electron chi connectivity index (χ3n) is 3.01. The molecule has 2 atom stereocenters. The number of hydrogen-bond acceptors (Lipinski definition) is 3. The van der Waals surface area contributed by atoms with Crippen molar-refractivity contribution in [3.8, 4) is 0 Å². The molecule has 3 nitrogen and oxygen atoms in total. The first-order valence-electron chi connectivity index (χ1n) is 6.62. The van der Waals surface area contributed by atoms with Gasteiger partial charge >= 0.3 is 0 Å². The summed E-state index contributed by atoms with van der Waals surface area (Å²) in [5.74, 6) is 1.39. The predicted octanol–water partition coefficient (Wildman–Crippen LogP) is 1.80. The maximum atomic E-state index is 9.72. The number of aliphatic hydroxyl groups excluding tert-OH is 1. The summed E-state index contributed by atoms with van der Waals surface area (Å²) in [6.45, 7) is 8.28. The Bertz CT molecular complexity index is 181. The number of aliphatic hydroxyl groups is 1. The van der Waals surface area contributed by atoms with Gasteiger partial charge in [0.25, 0.3) is 0 Å². The molecule has 3 heteroatoms. The van der Waals surface area contributed by atoms with Crippen molar-refractivity contribution in [1.29, 1.82) is 0 Å². The van der Waals surface area contributed by atoms with Gasteiger partial charge in [-0.05, 0) is 31.1 Å². The van der Waals surface area contributed by atoms with E-state index in [4.69, 9.17) is 4.74 Å². The molecular weight excluding hydrogens is 202 g/mol. The molecule has 0 amide bonds. The first-order valence-corrected chi connectivity index (χ1v) is 6.62. The first-order chi connectivity index (χ1) is 7.63. The Kier molecular flexibility index (Phi) is 6.32. The lowest BCUT2D eigenvalue weighted by Gasteiger charge is -2.19. The molecule has 1 saturated carbocycles. The molecule has 0 bridgehead atoms. The van der Waals surface area contributed by atoms with E-state index >= 15 is 0 Å². The van der Waals surface area contributed by atoms with Crippen molar-refractivity contribution in [3.05, 3.63) is 0 Å². The van der Waals surface area contributed by atoms with Crippen LogP contribution in [0.1, 0.15) is 40.0 Å². The van der Waals surface area contributed by atoms with Crippen molar-refractivity contribution in [2.24, 2.45) is 11.8 Å². The average Bonchev–Trinajstić information content (AvgIpc) is 3.02. The molecule has 1 fully saturated rings. The van der Waals surface area contributed by atoms with E-state index in [-0.39, 0.29) is 6.10 Å². The van der Waals surface area contributed by atoms with Crippen LogP contribution in [-0.4, -0.2) is 37.0 Å². The maximum absolute atomic E-state index is 9.72. The Morgan fingerprint density at radius 3 is 2.50 bits per heavy atom. The van der Waals surface area contributed by atoms with Gasteiger partial charge in [0, 0.05) is 19.2 Å². The summed E-state index contributed by atoms with van der Waals surface area (Å²) in [5.41, 5.74) is 0. The molecule has 16 heavy (non-hydrogen) atoms. The molecule has 0 spiro atoms. The normalized spacial score (nSPS) is 20.1. The van der Waals surface area contributed by atoms with Crippen LogP contribution < -0.4 is 5.32 Å². The molecule has 1 rings (SSSR count). The summed E-state index contributed by atoms with van der Waals surface area (Å²) in [6.07, 6.45) is 3.49. The van der Waals surface area contributed by atoms with Crippen LogP contribution in [0, 0.1) is 11.8 Å². The van der Waals surface area contributed by atoms with Crippen LogP contribution >= 0.6 is 0 Å². The highest BCUT2D eigenvalue weighted by atomic mass is 16.5. The second-order valence-corrected chi connectivity index (χ2v) is 5.35. The second kappa shape index (κ2) is 7.25. The van der Waals surface area contributed by atoms with Gasteiger partial charge in [0.1, 0.15) is 0 Å². The highest BCUT2D eigenvalue weighted by Gasteiger charge is 2.29. The zero-order valence-electron chi connectivity index (χ0n) is 10.9. The van der Waals surface area contributed by atoms with Gasteiger partial charge in [0.15, 0.2) is 0 Å². The Hall–Kier alpha value is -0.120. The molecule has 1 aliphatic rings. The average molecular weight is 229 g/mol. The number of hydrogen-bond donors (Lipinski definition) is 2. The Morgan fingerprint density at radius 1 is 1.31 bits per heavy atom. The minimum atomic E-state index is -0.369. The van der Waals surface area contributed by atoms with Crippen LogP contribution in [-0.2, 0) is 4.74 Å². The molecule has 96 valence electrons. The highest BCUT2D eigenvalue weighted by molar-refractivity contribution is 4.85. The van der Waals surface area contributed by atoms with Crippen molar-refractivity contribution in [2.75, 3.05) is 19.8 Å². The summed E-state index contributed by atoms with van der Waals surface area (Å²) in [4.78, 5) is 0. The van der Waals surface area contributed by atoms with Crippen LogP contribution in [0.4, 0.5) is 0 Å². The van der Waals surface area contributed by atoms with Gasteiger partial charge in [-0.15, -0.1) is 0 Å². The van der Waals surface area contributed by atoms with E-state index in [9.17, 15) is 5.11 Å². The fourth-order valence-electron chi connectivity index (χ4n) is 1.93. The molecule has 0 aromatic heterocycles. The first kappa shape index (κ1) is 13.9. The molecule has 2 unspecified atom stereocenters. The fraction of sp³-hybridized carbons (Fsp3) is 1.00. The Balaban J connectivity index is 2.02. The van der Waals surface area contributed by atoms with Crippen molar-refractivity contribution >= 4 is 0 Å². The summed E-state index contributed by atoms with van der Waals surface area (Å²) >= 11 is 0. The van der Waals surface area contributed by atoms with E-state index in [2.05, 4.69) is 26.1 Å². The summed E-state index contributed by atoms with van der Waals surface area (Å²) in [6, 6.07) is 0.597. The van der Waals surface area contributed by atoms with Crippen molar-refractivity contribution < 1.29 is 9.84 Å². The molecule has 0 aromatic carbocycles. The van der Waals surface area contributed by atoms with Gasteiger partial charge < -0.3 is 15.2 Å². The molecule has 2 N–H and O–H groups in total. The largest absolute Gasteiger partial charge is 0.389 e. The van der Waals surface area contributed by atoms with Gasteiger partial charge in [-0.3, -0.25) is 0 Å². The quantitative estimate of drug-likeness (QED) is 0.633. The summed E-state index contributed by atoms with van der Waals surface area (Å²) in [7, 11) is 0. The molecule has 0 heterocycles. The highest BCUT2D eigenvalue weighted by Crippen LogP contribution is 2.33. The standard InChI is InChI=1S/C13H27NO2/c1-4-13(11-5-6-11)14-7-12(15)9-16-8-10(2)3/h10-15H,4-9H2,1-3H3. The van der Waals surface area contributed by atoms with Crippen LogP contribution in [0.15, 0.2) is 0 Å². The molecule has 1 aliphatic carbocycles. The van der Waals surface area contributed by atoms with Gasteiger partial charge in [-0.2, -0.15) is 0 Å². The van der Waals surface area contributed by atoms with Gasteiger partial charge in [-0.25, -0.2) is 0 Å². The molecule has 0 aromatic rings. The predicted molar refractivity (Wildman–Crippen MR) is 66.5 cm³/mol. The zero-order chi connectivity index (χ0) is 12.0. The van der Waals surface area contributed by atoms with E-state index in [1.807, 2.05) is 0 Å². The molecular formula is C13H27NO2. The number of rotatable bonds is 9. The van der Waals surface area contributed by atoms with Crippen molar-refractivity contribution in [1.82, 2.24) is 5.32 Å². The minimum absolute atomic E-state index is 0.369. The van der Waals surface area contributed by atoms with E-state index in [1.54, 1.807) is 0 Å². The maximum Gasteiger partial charge on any atom is 0.0897 e. The van der Waals surface area contributed by atoms with E-state index in [1.165, 1.54) is 12.8 Å². The number of ether oxygens (including phenoxy) is 1. The topological polar surface area (TPSA) is 41.5 Å². The van der Waals surface area contributed by atoms with Gasteiger partial charge in [0.2, 0.25) is 0 Å². The third kappa shape index (κ3) is 5.83. The lowest BCUT2D eigenvalue weighted by molar-refractivity contribution is 0.0246. The van der Waals surface area contributed by atoms with Crippen LogP contribution in [0.2, 0.25) is 0 Å². The van der Waals surface area contributed by atoms with Crippen LogP contribution in [0.3, 0.4) is 0 Å². The summed E-state index contributed by atoms with van der Waals surface area (Å²) in [5, 5.41) is 13.2. The smallest absolute Gasteiger partial charge is 0.0897 e. The van der Waals surface area contributed by atoms with Crippen molar-refractivity contribution in [2.45, 2.75) is 52.2 Å². The van der Waals surface area contributed by atoms with E-state index in [0.717, 1.165) is 18.9 Å². The summed E-state index contributed by atoms with van der Waals surface area (Å²) < 4.78 is 5.41. The second-order valence-electron chi connectivity index (χ2n) is 5.35. The molecule has 0 radical (unpaired) electrons. The Labute approximate surface area is 99.6 Å². The van der Waals surface area contributed by atoms with Gasteiger partial charge in [-0.1, -0.05) is 20.8 Å². The molecule has 0 saturated heterocycles. The van der Waals surface area contributed by atoms with Gasteiger partial charge in [0.05, 0.1) is 12.7 Å². The van der Waals surface area contributed by atoms with E-state index in [0.29, 0.717) is 25.1 Å². The fourth-order valence-corrected chi connectivity index (χ4v) is 1.93. The lowest BCUT2D eigenvalue weighted by Crippen LogP contribution is -2.38. The molecule has 0 aliphatic heterocycles. The van der Waals surface area contributed by atoms with Crippen LogP contribution in [0.25, 0.3) is 0 Å². The third-order valence-corrected chi connectivity index (χ3v) is 3.01.